The Morgan fingerprint density at radius 3 is 2.09 bits per heavy atom. The molecule has 4 atom stereocenters. The second-order valence-electron chi connectivity index (χ2n) is 12.0. The fourth-order valence-corrected chi connectivity index (χ4v) is 6.84. The van der Waals surface area contributed by atoms with Gasteiger partial charge in [0.05, 0.1) is 6.61 Å². The van der Waals surface area contributed by atoms with Crippen LogP contribution in [0.5, 0.6) is 0 Å². The fourth-order valence-electron chi connectivity index (χ4n) is 6.84. The van der Waals surface area contributed by atoms with Crippen LogP contribution in [0.3, 0.4) is 0 Å². The summed E-state index contributed by atoms with van der Waals surface area (Å²) >= 11 is 0. The van der Waals surface area contributed by atoms with Crippen LogP contribution in [0.15, 0.2) is 17.3 Å². The van der Waals surface area contributed by atoms with Crippen molar-refractivity contribution < 1.29 is 34.5 Å². The van der Waals surface area contributed by atoms with Crippen molar-refractivity contribution in [3.05, 3.63) is 62.4 Å². The van der Waals surface area contributed by atoms with Crippen molar-refractivity contribution >= 4 is 29.8 Å². The van der Waals surface area contributed by atoms with Gasteiger partial charge in [-0.25, -0.2) is 0 Å². The number of carboxylic acids is 2. The summed E-state index contributed by atoms with van der Waals surface area (Å²) in [5.74, 6) is -2.45. The van der Waals surface area contributed by atoms with Gasteiger partial charge in [0.15, 0.2) is 0 Å². The number of aliphatic hydroxyl groups is 1. The number of aliphatic hydroxyl groups excluding tert-OH is 1. The molecule has 7 N–H and O–H groups in total. The lowest BCUT2D eigenvalue weighted by molar-refractivity contribution is -0.138. The average Bonchev–Trinajstić information content (AvgIpc) is 3.63. The smallest absolute Gasteiger partial charge is 0.303 e. The van der Waals surface area contributed by atoms with Crippen LogP contribution in [0.25, 0.3) is 6.08 Å². The fraction of sp³-hybridized carbons (Fsp3) is 0.515. The van der Waals surface area contributed by atoms with E-state index in [1.807, 2.05) is 33.8 Å². The zero-order chi connectivity index (χ0) is 32.3. The van der Waals surface area contributed by atoms with Crippen LogP contribution in [0.1, 0.15) is 85.1 Å². The molecule has 238 valence electrons. The van der Waals surface area contributed by atoms with Gasteiger partial charge in [0.25, 0.3) is 0 Å². The van der Waals surface area contributed by atoms with E-state index in [4.69, 9.17) is 0 Å². The first kappa shape index (κ1) is 32.8. The summed E-state index contributed by atoms with van der Waals surface area (Å²) in [7, 11) is 0. The molecule has 0 aliphatic carbocycles. The predicted molar refractivity (Wildman–Crippen MR) is 165 cm³/mol. The van der Waals surface area contributed by atoms with Crippen molar-refractivity contribution in [1.29, 1.82) is 0 Å². The SMILES string of the molecule is C/C=C1\C(=O)N[C@H](Cc2[nH]c(Cc3[nH]c(/C=C4\NC(=O)[C@H](C)[C@H]4CC)c(C)c3CCC(=O)O)c(CCC(=O)O)c2C)C1CO. The van der Waals surface area contributed by atoms with Crippen LogP contribution in [-0.4, -0.2) is 61.7 Å². The summed E-state index contributed by atoms with van der Waals surface area (Å²) in [6.07, 6.45) is 5.80. The van der Waals surface area contributed by atoms with Crippen molar-refractivity contribution in [3.63, 3.8) is 0 Å². The van der Waals surface area contributed by atoms with Gasteiger partial charge in [-0.1, -0.05) is 19.9 Å². The highest BCUT2D eigenvalue weighted by Gasteiger charge is 2.37. The number of aliphatic carboxylic acids is 2. The van der Waals surface area contributed by atoms with Crippen LogP contribution in [0.4, 0.5) is 0 Å². The number of hydrogen-bond donors (Lipinski definition) is 7. The Morgan fingerprint density at radius 1 is 0.909 bits per heavy atom. The van der Waals surface area contributed by atoms with E-state index in [9.17, 15) is 34.5 Å². The lowest BCUT2D eigenvalue weighted by Crippen LogP contribution is -2.32. The Bertz CT molecular complexity index is 1510. The van der Waals surface area contributed by atoms with Gasteiger partial charge in [0, 0.05) is 83.5 Å². The third kappa shape index (κ3) is 6.67. The van der Waals surface area contributed by atoms with Crippen molar-refractivity contribution in [2.45, 2.75) is 85.6 Å². The second kappa shape index (κ2) is 13.7. The normalized spacial score (nSPS) is 23.5. The zero-order valence-electron chi connectivity index (χ0n) is 26.1. The summed E-state index contributed by atoms with van der Waals surface area (Å²) in [6.45, 7) is 9.44. The Morgan fingerprint density at radius 2 is 1.52 bits per heavy atom. The molecule has 2 amide bonds. The minimum atomic E-state index is -0.913. The number of carboxylic acid groups (broad SMARTS) is 2. The molecule has 2 fully saturated rings. The Hall–Kier alpha value is -4.12. The van der Waals surface area contributed by atoms with Crippen molar-refractivity contribution in [1.82, 2.24) is 20.6 Å². The Labute approximate surface area is 257 Å². The maximum absolute atomic E-state index is 12.5. The number of aromatic amines is 2. The molecule has 44 heavy (non-hydrogen) atoms. The minimum Gasteiger partial charge on any atom is -0.481 e. The van der Waals surface area contributed by atoms with Crippen LogP contribution in [0, 0.1) is 31.6 Å². The van der Waals surface area contributed by atoms with E-state index in [1.165, 1.54) is 0 Å². The second-order valence-corrected chi connectivity index (χ2v) is 12.0. The van der Waals surface area contributed by atoms with Gasteiger partial charge in [-0.2, -0.15) is 0 Å². The molecule has 1 unspecified atom stereocenters. The molecule has 11 heteroatoms. The molecule has 0 saturated carbocycles. The van der Waals surface area contributed by atoms with Gasteiger partial charge in [0.2, 0.25) is 11.8 Å². The zero-order valence-corrected chi connectivity index (χ0v) is 26.1. The van der Waals surface area contributed by atoms with Crippen molar-refractivity contribution in [3.8, 4) is 0 Å². The molecule has 0 aromatic carbocycles. The molecule has 4 heterocycles. The highest BCUT2D eigenvalue weighted by molar-refractivity contribution is 5.96. The van der Waals surface area contributed by atoms with Crippen LogP contribution >= 0.6 is 0 Å². The first-order valence-electron chi connectivity index (χ1n) is 15.3. The number of H-pyrrole nitrogens is 2. The molecule has 0 radical (unpaired) electrons. The van der Waals surface area contributed by atoms with Crippen LogP contribution < -0.4 is 10.6 Å². The molecule has 2 aromatic heterocycles. The number of aromatic nitrogens is 2. The maximum Gasteiger partial charge on any atom is 0.303 e. The summed E-state index contributed by atoms with van der Waals surface area (Å²) in [5.41, 5.74) is 8.26. The molecule has 2 aliphatic heterocycles. The lowest BCUT2D eigenvalue weighted by atomic mass is 9.91. The monoisotopic (exact) mass is 608 g/mol. The van der Waals surface area contributed by atoms with E-state index < -0.39 is 11.9 Å². The molecule has 0 spiro atoms. The highest BCUT2D eigenvalue weighted by Crippen LogP contribution is 2.34. The number of carbonyl (C=O) groups excluding carboxylic acids is 2. The lowest BCUT2D eigenvalue weighted by Gasteiger charge is -2.17. The molecule has 2 saturated heterocycles. The van der Waals surface area contributed by atoms with E-state index in [-0.39, 0.29) is 55.1 Å². The van der Waals surface area contributed by atoms with Gasteiger partial charge in [0.1, 0.15) is 0 Å². The topological polar surface area (TPSA) is 185 Å². The molecule has 2 aliphatic rings. The van der Waals surface area contributed by atoms with E-state index in [1.54, 1.807) is 13.0 Å². The van der Waals surface area contributed by atoms with Gasteiger partial charge in [-0.15, -0.1) is 0 Å². The third-order valence-electron chi connectivity index (χ3n) is 9.43. The van der Waals surface area contributed by atoms with Gasteiger partial charge in [-0.05, 0) is 68.4 Å². The van der Waals surface area contributed by atoms with E-state index in [2.05, 4.69) is 20.6 Å². The number of amides is 2. The van der Waals surface area contributed by atoms with Gasteiger partial charge < -0.3 is 35.9 Å². The maximum atomic E-state index is 12.5. The predicted octanol–water partition coefficient (Wildman–Crippen LogP) is 3.31. The first-order valence-corrected chi connectivity index (χ1v) is 15.3. The summed E-state index contributed by atoms with van der Waals surface area (Å²) in [6, 6.07) is -0.316. The summed E-state index contributed by atoms with van der Waals surface area (Å²) in [5, 5.41) is 34.9. The number of allylic oxidation sites excluding steroid dienone is 2. The Balaban J connectivity index is 1.74. The largest absolute Gasteiger partial charge is 0.481 e. The number of carbonyl (C=O) groups is 4. The number of rotatable bonds is 13. The van der Waals surface area contributed by atoms with Crippen LogP contribution in [0.2, 0.25) is 0 Å². The number of hydrogen-bond acceptors (Lipinski definition) is 5. The van der Waals surface area contributed by atoms with Gasteiger partial charge in [-0.3, -0.25) is 19.2 Å². The minimum absolute atomic E-state index is 0.0143. The molecule has 11 nitrogen and oxygen atoms in total. The van der Waals surface area contributed by atoms with E-state index in [0.717, 1.165) is 57.1 Å². The van der Waals surface area contributed by atoms with E-state index >= 15 is 0 Å². The molecule has 4 rings (SSSR count). The summed E-state index contributed by atoms with van der Waals surface area (Å²) in [4.78, 5) is 55.0. The van der Waals surface area contributed by atoms with Crippen molar-refractivity contribution in [2.24, 2.45) is 17.8 Å². The standard InChI is InChI=1S/C33H44N4O7/c1-6-19-18(5)32(43)36-26(19)12-24-16(3)21(8-10-30(39)40)27(34-24)14-28-22(9-11-31(41)42)17(4)25(35-28)13-29-23(15-38)20(7-2)33(44)37-29/h7,12,18-19,23,29,34-35,38H,6,8-11,13-15H2,1-5H3,(H,36,43)(H,37,44)(H,39,40)(H,41,42)/b20-7-,26-12-/t18-,19-,23?,29-/m1/s1. The highest BCUT2D eigenvalue weighted by atomic mass is 16.4. The molecular weight excluding hydrogens is 564 g/mol. The first-order chi connectivity index (χ1) is 20.9. The Kier molecular flexibility index (Phi) is 10.2. The van der Waals surface area contributed by atoms with Crippen LogP contribution in [-0.2, 0) is 44.9 Å². The van der Waals surface area contributed by atoms with E-state index in [0.29, 0.717) is 31.3 Å². The average molecular weight is 609 g/mol. The quantitative estimate of drug-likeness (QED) is 0.170. The molecule has 2 aromatic rings. The third-order valence-corrected chi connectivity index (χ3v) is 9.43. The molecule has 0 bridgehead atoms. The summed E-state index contributed by atoms with van der Waals surface area (Å²) < 4.78 is 0. The molecular formula is C33H44N4O7. The van der Waals surface area contributed by atoms with Gasteiger partial charge >= 0.3 is 11.9 Å². The van der Waals surface area contributed by atoms with Crippen molar-refractivity contribution in [2.75, 3.05) is 6.61 Å². The number of nitrogens with one attached hydrogen (secondary N) is 4.